The Bertz CT molecular complexity index is 1050. The van der Waals surface area contributed by atoms with Gasteiger partial charge in [0.2, 0.25) is 0 Å². The molecule has 1 aliphatic rings. The number of aliphatic hydroxyl groups is 1. The molecule has 1 fully saturated rings. The zero-order chi connectivity index (χ0) is 24.2. The summed E-state index contributed by atoms with van der Waals surface area (Å²) in [6, 6.07) is 13.5. The van der Waals surface area contributed by atoms with Crippen LogP contribution in [0.3, 0.4) is 0 Å². The van der Waals surface area contributed by atoms with Crippen LogP contribution in [-0.4, -0.2) is 56.3 Å². The summed E-state index contributed by atoms with van der Waals surface area (Å²) in [5, 5.41) is 25.7. The fourth-order valence-electron chi connectivity index (χ4n) is 3.69. The van der Waals surface area contributed by atoms with Crippen LogP contribution in [-0.2, 0) is 16.1 Å². The van der Waals surface area contributed by atoms with Gasteiger partial charge in [0.15, 0.2) is 0 Å². The van der Waals surface area contributed by atoms with Crippen molar-refractivity contribution in [2.24, 2.45) is 0 Å². The molecule has 3 rings (SSSR count). The van der Waals surface area contributed by atoms with Gasteiger partial charge in [0.1, 0.15) is 6.04 Å². The number of nitrogens with one attached hydrogen (secondary N) is 2. The minimum atomic E-state index is -1.71. The summed E-state index contributed by atoms with van der Waals surface area (Å²) in [7, 11) is -0.109. The fraction of sp³-hybridized carbons (Fsp3) is 0.375. The van der Waals surface area contributed by atoms with E-state index >= 15 is 0 Å². The number of amides is 3. The lowest BCUT2D eigenvalue weighted by atomic mass is 10.0. The summed E-state index contributed by atoms with van der Waals surface area (Å²) in [5.74, 6) is -0.423. The monoisotopic (exact) mass is 466 g/mol. The lowest BCUT2D eigenvalue weighted by Crippen LogP contribution is -2.57. The first-order valence-corrected chi connectivity index (χ1v) is 14.3. The van der Waals surface area contributed by atoms with E-state index in [0.29, 0.717) is 23.4 Å². The highest BCUT2D eigenvalue weighted by Gasteiger charge is 2.32. The number of anilines is 1. The van der Waals surface area contributed by atoms with Crippen LogP contribution in [0.15, 0.2) is 42.5 Å². The molecule has 0 saturated carbocycles. The van der Waals surface area contributed by atoms with Crippen molar-refractivity contribution in [3.05, 3.63) is 59.2 Å². The lowest BCUT2D eigenvalue weighted by molar-refractivity contribution is -0.118. The third-order valence-electron chi connectivity index (χ3n) is 5.52. The molecule has 1 unspecified atom stereocenters. The molecule has 3 N–H and O–H groups in total. The minimum absolute atomic E-state index is 0.233. The number of nitrogens with zero attached hydrogens (tertiary/aromatic N) is 2. The van der Waals surface area contributed by atoms with E-state index in [1.165, 1.54) is 4.90 Å². The van der Waals surface area contributed by atoms with Crippen LogP contribution in [0.5, 0.6) is 0 Å². The van der Waals surface area contributed by atoms with E-state index in [9.17, 15) is 20.0 Å². The fourth-order valence-corrected chi connectivity index (χ4v) is 5.21. The van der Waals surface area contributed by atoms with Gasteiger partial charge in [0.25, 0.3) is 5.91 Å². The van der Waals surface area contributed by atoms with Gasteiger partial charge < -0.3 is 25.4 Å². The van der Waals surface area contributed by atoms with Crippen molar-refractivity contribution in [2.75, 3.05) is 25.5 Å². The smallest absolute Gasteiger partial charge is 0.318 e. The van der Waals surface area contributed by atoms with Crippen molar-refractivity contribution in [2.45, 2.75) is 38.4 Å². The first kappa shape index (κ1) is 24.4. The van der Waals surface area contributed by atoms with E-state index in [2.05, 4.69) is 36.3 Å². The van der Waals surface area contributed by atoms with Crippen molar-refractivity contribution >= 4 is 30.9 Å². The molecule has 1 saturated heterocycles. The van der Waals surface area contributed by atoms with Gasteiger partial charge in [-0.2, -0.15) is 5.26 Å². The normalized spacial score (nSPS) is 14.7. The number of benzene rings is 2. The largest absolute Gasteiger partial charge is 0.389 e. The van der Waals surface area contributed by atoms with E-state index in [1.54, 1.807) is 31.4 Å². The molecule has 174 valence electrons. The first-order valence-electron chi connectivity index (χ1n) is 10.8. The maximum absolute atomic E-state index is 13.2. The number of β-amino-alcohol motifs (C(OH)–C–C–N with tert-alkyl or cyclic N) is 1. The van der Waals surface area contributed by atoms with Gasteiger partial charge in [0, 0.05) is 12.8 Å². The van der Waals surface area contributed by atoms with Crippen molar-refractivity contribution in [1.82, 2.24) is 10.2 Å². The highest BCUT2D eigenvalue weighted by molar-refractivity contribution is 6.89. The number of carbonyl (C=O) groups excluding carboxylic acids is 2. The Labute approximate surface area is 195 Å². The van der Waals surface area contributed by atoms with Crippen molar-refractivity contribution in [3.63, 3.8) is 0 Å². The van der Waals surface area contributed by atoms with Crippen molar-refractivity contribution in [3.8, 4) is 6.07 Å². The minimum Gasteiger partial charge on any atom is -0.389 e. The van der Waals surface area contributed by atoms with Crippen molar-refractivity contribution in [1.29, 1.82) is 5.26 Å². The quantitative estimate of drug-likeness (QED) is 0.542. The molecular weight excluding hydrogens is 436 g/mol. The molecule has 0 aliphatic carbocycles. The highest BCUT2D eigenvalue weighted by Crippen LogP contribution is 2.20. The number of ether oxygens (including phenoxy) is 1. The molecule has 2 aromatic rings. The molecule has 1 atom stereocenters. The molecule has 0 radical (unpaired) electrons. The first-order chi connectivity index (χ1) is 15.6. The second kappa shape index (κ2) is 10.2. The van der Waals surface area contributed by atoms with Gasteiger partial charge >= 0.3 is 6.03 Å². The average Bonchev–Trinajstić information content (AvgIpc) is 2.75. The van der Waals surface area contributed by atoms with Crippen LogP contribution in [0.2, 0.25) is 19.6 Å². The predicted molar refractivity (Wildman–Crippen MR) is 129 cm³/mol. The van der Waals surface area contributed by atoms with Crippen molar-refractivity contribution < 1.29 is 19.4 Å². The molecule has 2 aromatic carbocycles. The maximum atomic E-state index is 13.2. The number of likely N-dealkylation sites (tertiary alicyclic amines) is 1. The molecular formula is C24H30N4O4Si. The van der Waals surface area contributed by atoms with Gasteiger partial charge in [-0.05, 0) is 28.4 Å². The van der Waals surface area contributed by atoms with Gasteiger partial charge in [-0.25, -0.2) is 4.79 Å². The Morgan fingerprint density at radius 3 is 2.42 bits per heavy atom. The summed E-state index contributed by atoms with van der Waals surface area (Å²) in [5.41, 5.74) is 2.60. The van der Waals surface area contributed by atoms with E-state index in [4.69, 9.17) is 4.74 Å². The molecule has 0 spiro atoms. The SMILES string of the molecule is COCc1ccc(C(NC(=O)N2CC(O)C2)C(=O)Nc2ccc([Si](C)(C)C)c(C#N)c2)cc1. The summed E-state index contributed by atoms with van der Waals surface area (Å²) >= 11 is 0. The number of carbonyl (C=O) groups is 2. The second-order valence-corrected chi connectivity index (χ2v) is 14.3. The van der Waals surface area contributed by atoms with Gasteiger partial charge in [0.05, 0.1) is 45.5 Å². The van der Waals surface area contributed by atoms with E-state index in [-0.39, 0.29) is 13.1 Å². The van der Waals surface area contributed by atoms with E-state index < -0.39 is 32.2 Å². The van der Waals surface area contributed by atoms with E-state index in [0.717, 1.165) is 10.8 Å². The predicted octanol–water partition coefficient (Wildman–Crippen LogP) is 2.32. The third-order valence-corrected chi connectivity index (χ3v) is 7.57. The highest BCUT2D eigenvalue weighted by atomic mass is 28.3. The zero-order valence-corrected chi connectivity index (χ0v) is 20.4. The van der Waals surface area contributed by atoms with Gasteiger partial charge in [-0.15, -0.1) is 0 Å². The standard InChI is InChI=1S/C24H30N4O4Si/c1-32-15-16-5-7-17(8-6-16)22(27-24(31)28-13-20(29)14-28)23(30)26-19-9-10-21(33(2,3)4)18(11-19)12-25/h5-11,20,22,29H,13-15H2,1-4H3,(H,26,30)(H,27,31). The number of urea groups is 1. The zero-order valence-electron chi connectivity index (χ0n) is 19.4. The Kier molecular flexibility index (Phi) is 7.53. The molecule has 8 nitrogen and oxygen atoms in total. The Balaban J connectivity index is 1.84. The maximum Gasteiger partial charge on any atom is 0.318 e. The molecule has 0 bridgehead atoms. The summed E-state index contributed by atoms with van der Waals surface area (Å²) in [6.07, 6.45) is -0.536. The van der Waals surface area contributed by atoms with Gasteiger partial charge in [-0.3, -0.25) is 4.79 Å². The number of nitriles is 1. The van der Waals surface area contributed by atoms with E-state index in [1.807, 2.05) is 18.2 Å². The van der Waals surface area contributed by atoms with Gasteiger partial charge in [-0.1, -0.05) is 50.0 Å². The molecule has 33 heavy (non-hydrogen) atoms. The number of hydrogen-bond acceptors (Lipinski definition) is 5. The van der Waals surface area contributed by atoms with Crippen LogP contribution >= 0.6 is 0 Å². The molecule has 0 aromatic heterocycles. The van der Waals surface area contributed by atoms with Crippen LogP contribution in [0.4, 0.5) is 10.5 Å². The molecule has 1 aliphatic heterocycles. The number of rotatable bonds is 7. The van der Waals surface area contributed by atoms with Crippen LogP contribution in [0, 0.1) is 11.3 Å². The topological polar surface area (TPSA) is 115 Å². The Morgan fingerprint density at radius 1 is 1.21 bits per heavy atom. The Morgan fingerprint density at radius 2 is 1.88 bits per heavy atom. The molecule has 3 amide bonds. The number of aliphatic hydroxyl groups excluding tert-OH is 1. The Hall–Kier alpha value is -3.19. The summed E-state index contributed by atoms with van der Waals surface area (Å²) < 4.78 is 5.14. The number of methoxy groups -OCH3 is 1. The summed E-state index contributed by atoms with van der Waals surface area (Å²) in [6.45, 7) is 7.38. The average molecular weight is 467 g/mol. The molecule has 9 heteroatoms. The third kappa shape index (κ3) is 5.99. The number of hydrogen-bond donors (Lipinski definition) is 3. The second-order valence-electron chi connectivity index (χ2n) is 9.23. The summed E-state index contributed by atoms with van der Waals surface area (Å²) in [4.78, 5) is 27.3. The lowest BCUT2D eigenvalue weighted by Gasteiger charge is -2.36. The van der Waals surface area contributed by atoms with Crippen LogP contribution in [0.1, 0.15) is 22.7 Å². The van der Waals surface area contributed by atoms with Crippen LogP contribution < -0.4 is 15.8 Å². The molecule has 1 heterocycles. The van der Waals surface area contributed by atoms with Crippen LogP contribution in [0.25, 0.3) is 0 Å².